The van der Waals surface area contributed by atoms with Crippen molar-refractivity contribution in [3.63, 3.8) is 0 Å². The number of hydrogen-bond acceptors (Lipinski definition) is 3. The van der Waals surface area contributed by atoms with E-state index in [0.29, 0.717) is 12.0 Å². The maximum atomic E-state index is 14.0. The summed E-state index contributed by atoms with van der Waals surface area (Å²) in [6.45, 7) is 5.41. The number of nitrogens with zero attached hydrogens (tertiary/aromatic N) is 1. The molecule has 0 aromatic heterocycles. The number of likely N-dealkylation sites (N-methyl/N-ethyl adjacent to an activating group) is 2. The first-order chi connectivity index (χ1) is 9.61. The normalized spacial score (nSPS) is 21.9. The van der Waals surface area contributed by atoms with Gasteiger partial charge in [0.2, 0.25) is 0 Å². The molecule has 0 amide bonds. The number of ether oxygens (including phenoxy) is 1. The molecule has 1 N–H and O–H groups in total. The van der Waals surface area contributed by atoms with Crippen molar-refractivity contribution in [2.75, 3.05) is 33.3 Å². The summed E-state index contributed by atoms with van der Waals surface area (Å²) in [6.07, 6.45) is 0.658. The van der Waals surface area contributed by atoms with Gasteiger partial charge in [-0.25, -0.2) is 4.39 Å². The molecule has 1 fully saturated rings. The Bertz CT molecular complexity index is 444. The van der Waals surface area contributed by atoms with Crippen LogP contribution in [0, 0.1) is 5.82 Å². The minimum absolute atomic E-state index is 0.0760. The van der Waals surface area contributed by atoms with Crippen molar-refractivity contribution < 1.29 is 9.13 Å². The van der Waals surface area contributed by atoms with E-state index in [4.69, 9.17) is 16.3 Å². The summed E-state index contributed by atoms with van der Waals surface area (Å²) < 4.78 is 19.9. The molecule has 0 aliphatic carbocycles. The lowest BCUT2D eigenvalue weighted by Crippen LogP contribution is -2.52. The highest BCUT2D eigenvalue weighted by Gasteiger charge is 2.27. The highest BCUT2D eigenvalue weighted by molar-refractivity contribution is 6.30. The van der Waals surface area contributed by atoms with E-state index in [0.717, 1.165) is 26.2 Å². The van der Waals surface area contributed by atoms with Gasteiger partial charge in [0.05, 0.1) is 17.7 Å². The fourth-order valence-corrected chi connectivity index (χ4v) is 2.79. The van der Waals surface area contributed by atoms with Crippen LogP contribution in [-0.2, 0) is 11.2 Å². The standard InChI is InChI=1S/C15H22ClFN2O/c1-3-18-13(14-10-19(2)7-8-20-14)9-11-5-4-6-12(16)15(11)17/h4-6,13-14,18H,3,7-10H2,1-2H3. The van der Waals surface area contributed by atoms with E-state index in [-0.39, 0.29) is 23.0 Å². The van der Waals surface area contributed by atoms with Crippen molar-refractivity contribution >= 4 is 11.6 Å². The fourth-order valence-electron chi connectivity index (χ4n) is 2.59. The lowest BCUT2D eigenvalue weighted by Gasteiger charge is -2.35. The molecular weight excluding hydrogens is 279 g/mol. The second kappa shape index (κ2) is 7.36. The molecule has 2 rings (SSSR count). The first-order valence-corrected chi connectivity index (χ1v) is 7.46. The zero-order valence-corrected chi connectivity index (χ0v) is 12.8. The summed E-state index contributed by atoms with van der Waals surface area (Å²) in [6, 6.07) is 5.25. The molecule has 0 spiro atoms. The third-order valence-corrected chi connectivity index (χ3v) is 3.97. The average Bonchev–Trinajstić information content (AvgIpc) is 2.43. The van der Waals surface area contributed by atoms with E-state index >= 15 is 0 Å². The van der Waals surface area contributed by atoms with Gasteiger partial charge >= 0.3 is 0 Å². The SMILES string of the molecule is CCNC(Cc1cccc(Cl)c1F)C1CN(C)CCO1. The third-order valence-electron chi connectivity index (χ3n) is 3.68. The molecule has 1 aliphatic rings. The van der Waals surface area contributed by atoms with Gasteiger partial charge in [-0.2, -0.15) is 0 Å². The van der Waals surface area contributed by atoms with Crippen molar-refractivity contribution in [1.29, 1.82) is 0 Å². The van der Waals surface area contributed by atoms with Crippen LogP contribution in [0.25, 0.3) is 0 Å². The summed E-state index contributed by atoms with van der Waals surface area (Å²) in [7, 11) is 2.08. The number of rotatable bonds is 5. The fraction of sp³-hybridized carbons (Fsp3) is 0.600. The minimum atomic E-state index is -0.318. The first-order valence-electron chi connectivity index (χ1n) is 7.08. The molecule has 1 saturated heterocycles. The second-order valence-corrected chi connectivity index (χ2v) is 5.66. The van der Waals surface area contributed by atoms with E-state index in [1.54, 1.807) is 18.2 Å². The van der Waals surface area contributed by atoms with Crippen molar-refractivity contribution in [3.05, 3.63) is 34.6 Å². The second-order valence-electron chi connectivity index (χ2n) is 5.25. The van der Waals surface area contributed by atoms with Crippen LogP contribution in [0.4, 0.5) is 4.39 Å². The van der Waals surface area contributed by atoms with E-state index in [1.807, 2.05) is 6.92 Å². The van der Waals surface area contributed by atoms with Gasteiger partial charge in [-0.1, -0.05) is 30.7 Å². The Kier molecular flexibility index (Phi) is 5.78. The molecular formula is C15H22ClFN2O. The van der Waals surface area contributed by atoms with E-state index in [2.05, 4.69) is 17.3 Å². The molecule has 112 valence electrons. The zero-order valence-electron chi connectivity index (χ0n) is 12.0. The van der Waals surface area contributed by atoms with E-state index in [9.17, 15) is 4.39 Å². The topological polar surface area (TPSA) is 24.5 Å². The Morgan fingerprint density at radius 3 is 3.05 bits per heavy atom. The van der Waals surface area contributed by atoms with Crippen LogP contribution in [0.5, 0.6) is 0 Å². The van der Waals surface area contributed by atoms with Crippen LogP contribution in [0.2, 0.25) is 5.02 Å². The van der Waals surface area contributed by atoms with Gasteiger partial charge < -0.3 is 15.0 Å². The van der Waals surface area contributed by atoms with Crippen molar-refractivity contribution in [2.45, 2.75) is 25.5 Å². The Labute approximate surface area is 125 Å². The van der Waals surface area contributed by atoms with Crippen molar-refractivity contribution in [1.82, 2.24) is 10.2 Å². The number of nitrogens with one attached hydrogen (secondary N) is 1. The van der Waals surface area contributed by atoms with E-state index in [1.165, 1.54) is 0 Å². The van der Waals surface area contributed by atoms with Gasteiger partial charge in [0.15, 0.2) is 0 Å². The quantitative estimate of drug-likeness (QED) is 0.903. The zero-order chi connectivity index (χ0) is 14.5. The van der Waals surface area contributed by atoms with Gasteiger partial charge in [-0.3, -0.25) is 0 Å². The van der Waals surface area contributed by atoms with Crippen LogP contribution >= 0.6 is 11.6 Å². The maximum Gasteiger partial charge on any atom is 0.145 e. The average molecular weight is 301 g/mol. The number of halogens is 2. The molecule has 5 heteroatoms. The predicted octanol–water partition coefficient (Wildman–Crippen LogP) is 2.33. The van der Waals surface area contributed by atoms with Gasteiger partial charge in [0, 0.05) is 19.1 Å². The lowest BCUT2D eigenvalue weighted by molar-refractivity contribution is -0.0382. The Morgan fingerprint density at radius 2 is 2.35 bits per heavy atom. The largest absolute Gasteiger partial charge is 0.374 e. The van der Waals surface area contributed by atoms with Crippen LogP contribution in [0.1, 0.15) is 12.5 Å². The molecule has 2 atom stereocenters. The molecule has 0 bridgehead atoms. The Morgan fingerprint density at radius 1 is 1.55 bits per heavy atom. The summed E-state index contributed by atoms with van der Waals surface area (Å²) in [4.78, 5) is 2.24. The Balaban J connectivity index is 2.10. The molecule has 2 unspecified atom stereocenters. The smallest absolute Gasteiger partial charge is 0.145 e. The van der Waals surface area contributed by atoms with Gasteiger partial charge in [-0.05, 0) is 31.6 Å². The van der Waals surface area contributed by atoms with Crippen LogP contribution in [0.15, 0.2) is 18.2 Å². The number of hydrogen-bond donors (Lipinski definition) is 1. The Hall–Kier alpha value is -0.680. The molecule has 1 heterocycles. The van der Waals surface area contributed by atoms with Crippen LogP contribution in [0.3, 0.4) is 0 Å². The molecule has 3 nitrogen and oxygen atoms in total. The first kappa shape index (κ1) is 15.7. The maximum absolute atomic E-state index is 14.0. The van der Waals surface area contributed by atoms with Gasteiger partial charge in [0.1, 0.15) is 5.82 Å². The molecule has 0 saturated carbocycles. The van der Waals surface area contributed by atoms with Crippen molar-refractivity contribution in [3.8, 4) is 0 Å². The van der Waals surface area contributed by atoms with Gasteiger partial charge in [-0.15, -0.1) is 0 Å². The monoisotopic (exact) mass is 300 g/mol. The summed E-state index contributed by atoms with van der Waals surface area (Å²) >= 11 is 5.85. The molecule has 1 aromatic carbocycles. The summed E-state index contributed by atoms with van der Waals surface area (Å²) in [5, 5.41) is 3.59. The number of morpholine rings is 1. The highest BCUT2D eigenvalue weighted by atomic mass is 35.5. The van der Waals surface area contributed by atoms with Crippen LogP contribution in [-0.4, -0.2) is 50.3 Å². The predicted molar refractivity (Wildman–Crippen MR) is 79.8 cm³/mol. The van der Waals surface area contributed by atoms with Gasteiger partial charge in [0.25, 0.3) is 0 Å². The van der Waals surface area contributed by atoms with E-state index < -0.39 is 0 Å². The summed E-state index contributed by atoms with van der Waals surface area (Å²) in [5.41, 5.74) is 0.639. The third kappa shape index (κ3) is 3.92. The van der Waals surface area contributed by atoms with Crippen molar-refractivity contribution in [2.24, 2.45) is 0 Å². The highest BCUT2D eigenvalue weighted by Crippen LogP contribution is 2.21. The molecule has 1 aromatic rings. The summed E-state index contributed by atoms with van der Waals surface area (Å²) in [5.74, 6) is -0.318. The molecule has 20 heavy (non-hydrogen) atoms. The molecule has 0 radical (unpaired) electrons. The molecule has 1 aliphatic heterocycles. The lowest BCUT2D eigenvalue weighted by atomic mass is 9.99. The van der Waals surface area contributed by atoms with Crippen LogP contribution < -0.4 is 5.32 Å². The number of benzene rings is 1. The minimum Gasteiger partial charge on any atom is -0.374 e.